The monoisotopic (exact) mass is 582 g/mol. The average Bonchev–Trinajstić information content (AvgIpc) is 3.55. The van der Waals surface area contributed by atoms with Crippen molar-refractivity contribution in [2.24, 2.45) is 27.8 Å². The van der Waals surface area contributed by atoms with Gasteiger partial charge in [-0.05, 0) is 57.8 Å². The second-order valence-electron chi connectivity index (χ2n) is 13.7. The summed E-state index contributed by atoms with van der Waals surface area (Å²) in [5, 5.41) is 7.04. The Morgan fingerprint density at radius 2 is 1.98 bits per heavy atom. The van der Waals surface area contributed by atoms with Crippen molar-refractivity contribution in [3.05, 3.63) is 47.2 Å². The number of imide groups is 1. The Balaban J connectivity index is 1.87. The minimum atomic E-state index is -2.16. The summed E-state index contributed by atoms with van der Waals surface area (Å²) >= 11 is 0. The van der Waals surface area contributed by atoms with Crippen LogP contribution in [0.25, 0.3) is 0 Å². The molecule has 8 nitrogen and oxygen atoms in total. The number of carbonyl (C=O) groups excluding carboxylic acids is 2. The first-order valence-electron chi connectivity index (χ1n) is 15.2. The van der Waals surface area contributed by atoms with Crippen LogP contribution in [0.5, 0.6) is 0 Å². The number of carbonyl (C=O) groups is 2. The quantitative estimate of drug-likeness (QED) is 0.310. The Labute approximate surface area is 247 Å². The number of ether oxygens (including phenoxy) is 1. The fourth-order valence-corrected chi connectivity index (χ4v) is 7.43. The second kappa shape index (κ2) is 11.2. The molecule has 0 aromatic heterocycles. The normalized spacial score (nSPS) is 27.8. The molecule has 2 aliphatic heterocycles. The highest BCUT2D eigenvalue weighted by Gasteiger charge is 2.57. The number of hydrogen-bond donors (Lipinski definition) is 1. The number of hydrazine groups is 1. The molecular formula is C32H50N4O4Si. The van der Waals surface area contributed by atoms with E-state index >= 15 is 0 Å². The van der Waals surface area contributed by atoms with E-state index in [9.17, 15) is 9.59 Å². The van der Waals surface area contributed by atoms with Crippen LogP contribution in [0.1, 0.15) is 68.2 Å². The van der Waals surface area contributed by atoms with Crippen LogP contribution in [-0.4, -0.2) is 62.2 Å². The van der Waals surface area contributed by atoms with Gasteiger partial charge in [0.1, 0.15) is 6.61 Å². The highest BCUT2D eigenvalue weighted by Crippen LogP contribution is 2.59. The Morgan fingerprint density at radius 1 is 1.27 bits per heavy atom. The minimum absolute atomic E-state index is 0.0149. The van der Waals surface area contributed by atoms with E-state index in [4.69, 9.17) is 14.3 Å². The summed E-state index contributed by atoms with van der Waals surface area (Å²) in [6.07, 6.45) is 12.5. The maximum atomic E-state index is 13.9. The topological polar surface area (TPSA) is 83.5 Å². The Hall–Kier alpha value is -2.65. The highest BCUT2D eigenvalue weighted by molar-refractivity contribution is 6.74. The number of hydrogen-bond acceptors (Lipinski definition) is 7. The predicted octanol–water partition coefficient (Wildman–Crippen LogP) is 6.57. The van der Waals surface area contributed by atoms with E-state index in [1.165, 1.54) is 10.5 Å². The van der Waals surface area contributed by atoms with Crippen molar-refractivity contribution in [1.29, 1.82) is 0 Å². The summed E-state index contributed by atoms with van der Waals surface area (Å²) in [5.74, 6) is -0.978. The predicted molar refractivity (Wildman–Crippen MR) is 166 cm³/mol. The molecular weight excluding hydrogens is 532 g/mol. The van der Waals surface area contributed by atoms with Crippen LogP contribution in [0.3, 0.4) is 0 Å². The second-order valence-corrected chi connectivity index (χ2v) is 18.5. The van der Waals surface area contributed by atoms with Crippen LogP contribution in [0.15, 0.2) is 52.3 Å². The number of amides is 2. The van der Waals surface area contributed by atoms with Gasteiger partial charge in [-0.3, -0.25) is 9.80 Å². The summed E-state index contributed by atoms with van der Waals surface area (Å²) in [6.45, 7) is 23.6. The van der Waals surface area contributed by atoms with Crippen molar-refractivity contribution in [3.63, 3.8) is 0 Å². The fraction of sp³-hybridized carbons (Fsp3) is 0.656. The fourth-order valence-electron chi connectivity index (χ4n) is 6.40. The van der Waals surface area contributed by atoms with Gasteiger partial charge >= 0.3 is 6.09 Å². The van der Waals surface area contributed by atoms with E-state index in [-0.39, 0.29) is 35.4 Å². The zero-order chi connectivity index (χ0) is 30.4. The molecule has 41 heavy (non-hydrogen) atoms. The van der Waals surface area contributed by atoms with Gasteiger partial charge in [-0.1, -0.05) is 70.1 Å². The summed E-state index contributed by atoms with van der Waals surface area (Å²) in [7, 11) is -2.16. The number of nitrogens with one attached hydrogen (secondary N) is 1. The van der Waals surface area contributed by atoms with Gasteiger partial charge in [0.25, 0.3) is 0 Å². The molecule has 2 amide bonds. The number of rotatable bonds is 9. The SMILES string of the molecule is CCN1NN=C2C1=CC=C([C@@H](CO[Si](C)(C)C(C)(C)C)[C@@H](C)C(=O)N1CCOC1=O)C2(C)C1(CC)C=CC(C)=CC1. The van der Waals surface area contributed by atoms with Gasteiger partial charge in [-0.25, -0.2) is 15.2 Å². The molecule has 0 radical (unpaired) electrons. The lowest BCUT2D eigenvalue weighted by molar-refractivity contribution is -0.133. The molecule has 226 valence electrons. The molecule has 0 spiro atoms. The summed E-state index contributed by atoms with van der Waals surface area (Å²) in [5.41, 5.74) is 6.91. The maximum absolute atomic E-state index is 13.9. The minimum Gasteiger partial charge on any atom is -0.447 e. The largest absolute Gasteiger partial charge is 0.447 e. The zero-order valence-corrected chi connectivity index (χ0v) is 27.8. The van der Waals surface area contributed by atoms with Gasteiger partial charge in [0.2, 0.25) is 5.91 Å². The molecule has 4 aliphatic rings. The molecule has 1 N–H and O–H groups in total. The maximum Gasteiger partial charge on any atom is 0.416 e. The summed E-state index contributed by atoms with van der Waals surface area (Å²) < 4.78 is 12.0. The standard InChI is InChI=1S/C32H50N4O4Si/c1-11-32(17-15-22(3)16-18-32)31(8)25(13-14-26-27(31)33-34-36(26)12-2)24(21-40-41(9,10)30(5,6)7)23(4)28(37)35-19-20-39-29(35)38/h13-17,23-24,34H,11-12,18-21H2,1-10H3/t23-,24+,31?,32?/m1/s1. The Morgan fingerprint density at radius 3 is 2.51 bits per heavy atom. The smallest absolute Gasteiger partial charge is 0.416 e. The first-order valence-corrected chi connectivity index (χ1v) is 18.1. The Bertz CT molecular complexity index is 1230. The highest BCUT2D eigenvalue weighted by atomic mass is 28.4. The van der Waals surface area contributed by atoms with Crippen molar-refractivity contribution < 1.29 is 18.8 Å². The summed E-state index contributed by atoms with van der Waals surface area (Å²) in [6, 6.07) is 0. The van der Waals surface area contributed by atoms with Gasteiger partial charge < -0.3 is 9.16 Å². The third-order valence-corrected chi connectivity index (χ3v) is 15.0. The number of fused-ring (bicyclic) bond motifs is 1. The summed E-state index contributed by atoms with van der Waals surface area (Å²) in [4.78, 5) is 27.7. The van der Waals surface area contributed by atoms with Gasteiger partial charge in [0, 0.05) is 35.8 Å². The molecule has 9 heteroatoms. The van der Waals surface area contributed by atoms with E-state index < -0.39 is 25.7 Å². The molecule has 0 aromatic carbocycles. The van der Waals surface area contributed by atoms with E-state index in [1.807, 2.05) is 6.92 Å². The molecule has 4 rings (SSSR count). The lowest BCUT2D eigenvalue weighted by Gasteiger charge is -2.53. The molecule has 4 atom stereocenters. The first kappa shape index (κ1) is 31.3. The van der Waals surface area contributed by atoms with Crippen LogP contribution in [0.2, 0.25) is 18.1 Å². The van der Waals surface area contributed by atoms with Gasteiger partial charge in [-0.2, -0.15) is 5.10 Å². The van der Waals surface area contributed by atoms with Crippen molar-refractivity contribution in [2.45, 2.75) is 86.4 Å². The van der Waals surface area contributed by atoms with E-state index in [1.54, 1.807) is 0 Å². The van der Waals surface area contributed by atoms with Gasteiger partial charge in [0.15, 0.2) is 8.32 Å². The molecule has 2 aliphatic carbocycles. The van der Waals surface area contributed by atoms with E-state index in [0.29, 0.717) is 6.61 Å². The number of cyclic esters (lactones) is 1. The molecule has 2 heterocycles. The Kier molecular flexibility index (Phi) is 8.55. The molecule has 1 saturated heterocycles. The zero-order valence-electron chi connectivity index (χ0n) is 26.8. The van der Waals surface area contributed by atoms with E-state index in [0.717, 1.165) is 36.4 Å². The third kappa shape index (κ3) is 5.24. The van der Waals surface area contributed by atoms with Gasteiger partial charge in [0.05, 0.1) is 18.0 Å². The number of allylic oxidation sites excluding steroid dienone is 7. The third-order valence-electron chi connectivity index (χ3n) is 10.5. The lowest BCUT2D eigenvalue weighted by atomic mass is 9.50. The van der Waals surface area contributed by atoms with Crippen LogP contribution >= 0.6 is 0 Å². The van der Waals surface area contributed by atoms with Crippen LogP contribution < -0.4 is 5.53 Å². The first-order chi connectivity index (χ1) is 19.1. The van der Waals surface area contributed by atoms with Crippen molar-refractivity contribution >= 4 is 26.0 Å². The number of nitrogens with zero attached hydrogens (tertiary/aromatic N) is 3. The molecule has 1 fully saturated rings. The van der Waals surface area contributed by atoms with Crippen LogP contribution in [0.4, 0.5) is 4.79 Å². The van der Waals surface area contributed by atoms with Crippen molar-refractivity contribution in [2.75, 3.05) is 26.3 Å². The van der Waals surface area contributed by atoms with Crippen molar-refractivity contribution in [1.82, 2.24) is 15.4 Å². The molecule has 0 saturated carbocycles. The molecule has 0 bridgehead atoms. The van der Waals surface area contributed by atoms with Crippen molar-refractivity contribution in [3.8, 4) is 0 Å². The average molecular weight is 583 g/mol. The number of hydrazone groups is 1. The lowest BCUT2D eigenvalue weighted by Crippen LogP contribution is -2.53. The molecule has 0 aromatic rings. The van der Waals surface area contributed by atoms with Gasteiger partial charge in [-0.15, -0.1) is 0 Å². The molecule has 2 unspecified atom stereocenters. The van der Waals surface area contributed by atoms with Crippen LogP contribution in [-0.2, 0) is 14.0 Å². The van der Waals surface area contributed by atoms with Crippen LogP contribution in [0, 0.1) is 22.7 Å². The van der Waals surface area contributed by atoms with E-state index in [2.05, 4.69) is 102 Å².